The molecule has 22 heavy (non-hydrogen) atoms. The molecule has 0 atom stereocenters. The minimum atomic E-state index is -0.568. The van der Waals surface area contributed by atoms with Gasteiger partial charge in [0.2, 0.25) is 5.91 Å². The predicted molar refractivity (Wildman–Crippen MR) is 82.5 cm³/mol. The van der Waals surface area contributed by atoms with Crippen molar-refractivity contribution in [2.75, 3.05) is 11.9 Å². The van der Waals surface area contributed by atoms with Gasteiger partial charge in [-0.3, -0.25) is 4.79 Å². The summed E-state index contributed by atoms with van der Waals surface area (Å²) in [6, 6.07) is 15.8. The van der Waals surface area contributed by atoms with Crippen molar-refractivity contribution in [1.29, 1.82) is 5.26 Å². The molecule has 0 aromatic heterocycles. The number of nitrogens with one attached hydrogen (secondary N) is 2. The molecular formula is C17H16FN3O. The molecule has 0 saturated carbocycles. The number of nitriles is 1. The van der Waals surface area contributed by atoms with Crippen LogP contribution in [-0.4, -0.2) is 12.5 Å². The summed E-state index contributed by atoms with van der Waals surface area (Å²) >= 11 is 0. The van der Waals surface area contributed by atoms with E-state index in [2.05, 4.69) is 10.6 Å². The Bertz CT molecular complexity index is 680. The third kappa shape index (κ3) is 4.32. The maximum atomic E-state index is 13.4. The molecule has 1 amide bonds. The van der Waals surface area contributed by atoms with E-state index in [1.165, 1.54) is 12.1 Å². The molecule has 0 bridgehead atoms. The van der Waals surface area contributed by atoms with Gasteiger partial charge in [-0.05, 0) is 17.7 Å². The summed E-state index contributed by atoms with van der Waals surface area (Å²) < 4.78 is 13.4. The summed E-state index contributed by atoms with van der Waals surface area (Å²) in [5, 5.41) is 14.6. The SMILES string of the molecule is N#Cc1c(F)cccc1NCCC(=O)NCc1ccccc1. The molecule has 0 saturated heterocycles. The number of anilines is 1. The van der Waals surface area contributed by atoms with Gasteiger partial charge in [0.05, 0.1) is 5.69 Å². The van der Waals surface area contributed by atoms with Gasteiger partial charge in [-0.1, -0.05) is 36.4 Å². The van der Waals surface area contributed by atoms with Crippen molar-refractivity contribution >= 4 is 11.6 Å². The number of nitrogens with zero attached hydrogens (tertiary/aromatic N) is 1. The predicted octanol–water partition coefficient (Wildman–Crippen LogP) is 2.82. The second-order valence-electron chi connectivity index (χ2n) is 4.71. The first-order chi connectivity index (χ1) is 10.7. The molecule has 0 aliphatic rings. The van der Waals surface area contributed by atoms with Gasteiger partial charge in [-0.15, -0.1) is 0 Å². The third-order valence-electron chi connectivity index (χ3n) is 3.13. The topological polar surface area (TPSA) is 64.9 Å². The Kier molecular flexibility index (Phi) is 5.50. The van der Waals surface area contributed by atoms with Gasteiger partial charge in [0.25, 0.3) is 0 Å². The van der Waals surface area contributed by atoms with E-state index >= 15 is 0 Å². The van der Waals surface area contributed by atoms with Crippen LogP contribution in [0.15, 0.2) is 48.5 Å². The lowest BCUT2D eigenvalue weighted by Crippen LogP contribution is -2.24. The van der Waals surface area contributed by atoms with Gasteiger partial charge >= 0.3 is 0 Å². The summed E-state index contributed by atoms with van der Waals surface area (Å²) in [5.41, 5.74) is 1.39. The third-order valence-corrected chi connectivity index (χ3v) is 3.13. The van der Waals surface area contributed by atoms with Gasteiger partial charge in [0.1, 0.15) is 17.4 Å². The summed E-state index contributed by atoms with van der Waals surface area (Å²) in [5.74, 6) is -0.674. The molecule has 2 aromatic rings. The summed E-state index contributed by atoms with van der Waals surface area (Å²) in [6.07, 6.45) is 0.244. The van der Waals surface area contributed by atoms with Crippen LogP contribution >= 0.6 is 0 Å². The van der Waals surface area contributed by atoms with Gasteiger partial charge in [0.15, 0.2) is 0 Å². The fourth-order valence-corrected chi connectivity index (χ4v) is 1.98. The van der Waals surface area contributed by atoms with E-state index in [-0.39, 0.29) is 17.9 Å². The molecule has 4 nitrogen and oxygen atoms in total. The molecule has 2 N–H and O–H groups in total. The highest BCUT2D eigenvalue weighted by Gasteiger charge is 2.07. The summed E-state index contributed by atoms with van der Waals surface area (Å²) in [6.45, 7) is 0.807. The second-order valence-corrected chi connectivity index (χ2v) is 4.71. The number of carbonyl (C=O) groups excluding carboxylic acids is 1. The molecule has 0 heterocycles. The molecule has 0 aliphatic carbocycles. The lowest BCUT2D eigenvalue weighted by atomic mass is 10.2. The van der Waals surface area contributed by atoms with Gasteiger partial charge in [0, 0.05) is 19.5 Å². The number of halogens is 1. The molecule has 0 unspecified atom stereocenters. The van der Waals surface area contributed by atoms with Crippen LogP contribution in [0.3, 0.4) is 0 Å². The standard InChI is InChI=1S/C17H16FN3O/c18-15-7-4-8-16(14(15)11-19)20-10-9-17(22)21-12-13-5-2-1-3-6-13/h1-8,20H,9-10,12H2,(H,21,22). The van der Waals surface area contributed by atoms with E-state index in [1.54, 1.807) is 6.07 Å². The van der Waals surface area contributed by atoms with E-state index in [0.717, 1.165) is 5.56 Å². The molecule has 5 heteroatoms. The number of amides is 1. The number of carbonyl (C=O) groups is 1. The maximum absolute atomic E-state index is 13.4. The fraction of sp³-hybridized carbons (Fsp3) is 0.176. The average Bonchev–Trinajstić information content (AvgIpc) is 2.54. The van der Waals surface area contributed by atoms with Crippen molar-refractivity contribution in [3.05, 3.63) is 65.5 Å². The molecule has 2 aromatic carbocycles. The second kappa shape index (κ2) is 7.79. The van der Waals surface area contributed by atoms with Crippen molar-refractivity contribution in [3.63, 3.8) is 0 Å². The zero-order valence-corrected chi connectivity index (χ0v) is 12.0. The van der Waals surface area contributed by atoms with E-state index in [0.29, 0.717) is 18.8 Å². The fourth-order valence-electron chi connectivity index (χ4n) is 1.98. The quantitative estimate of drug-likeness (QED) is 0.861. The number of rotatable bonds is 6. The van der Waals surface area contributed by atoms with E-state index in [9.17, 15) is 9.18 Å². The van der Waals surface area contributed by atoms with Crippen LogP contribution in [0, 0.1) is 17.1 Å². The Morgan fingerprint density at radius 3 is 2.64 bits per heavy atom. The van der Waals surface area contributed by atoms with Crippen LogP contribution in [0.25, 0.3) is 0 Å². The van der Waals surface area contributed by atoms with Gasteiger partial charge in [-0.25, -0.2) is 4.39 Å². The minimum Gasteiger partial charge on any atom is -0.383 e. The van der Waals surface area contributed by atoms with Gasteiger partial charge in [-0.2, -0.15) is 5.26 Å². The number of hydrogen-bond acceptors (Lipinski definition) is 3. The molecule has 2 rings (SSSR count). The Labute approximate surface area is 128 Å². The first kappa shape index (κ1) is 15.5. The molecule has 112 valence electrons. The smallest absolute Gasteiger partial charge is 0.222 e. The summed E-state index contributed by atoms with van der Waals surface area (Å²) in [7, 11) is 0. The highest BCUT2D eigenvalue weighted by molar-refractivity contribution is 5.76. The Hall–Kier alpha value is -2.87. The number of benzene rings is 2. The van der Waals surface area contributed by atoms with Crippen molar-refractivity contribution < 1.29 is 9.18 Å². The molecule has 0 fully saturated rings. The molecule has 0 aliphatic heterocycles. The minimum absolute atomic E-state index is 0.0350. The normalized spacial score (nSPS) is 9.82. The van der Waals surface area contributed by atoms with Gasteiger partial charge < -0.3 is 10.6 Å². The maximum Gasteiger partial charge on any atom is 0.222 e. The zero-order chi connectivity index (χ0) is 15.8. The van der Waals surface area contributed by atoms with Crippen LogP contribution in [0.4, 0.5) is 10.1 Å². The Morgan fingerprint density at radius 2 is 1.91 bits per heavy atom. The van der Waals surface area contributed by atoms with E-state index in [1.807, 2.05) is 36.4 Å². The van der Waals surface area contributed by atoms with Crippen LogP contribution in [0.2, 0.25) is 0 Å². The first-order valence-corrected chi connectivity index (χ1v) is 6.94. The number of hydrogen-bond donors (Lipinski definition) is 2. The molecule has 0 spiro atoms. The molecular weight excluding hydrogens is 281 g/mol. The lowest BCUT2D eigenvalue weighted by molar-refractivity contribution is -0.121. The lowest BCUT2D eigenvalue weighted by Gasteiger charge is -2.09. The summed E-state index contributed by atoms with van der Waals surface area (Å²) in [4.78, 5) is 11.7. The largest absolute Gasteiger partial charge is 0.383 e. The van der Waals surface area contributed by atoms with Crippen LogP contribution in [-0.2, 0) is 11.3 Å². The van der Waals surface area contributed by atoms with E-state index in [4.69, 9.17) is 5.26 Å². The Morgan fingerprint density at radius 1 is 1.14 bits per heavy atom. The zero-order valence-electron chi connectivity index (χ0n) is 12.0. The van der Waals surface area contributed by atoms with Crippen LogP contribution in [0.1, 0.15) is 17.5 Å². The highest BCUT2D eigenvalue weighted by atomic mass is 19.1. The molecule has 0 radical (unpaired) electrons. The highest BCUT2D eigenvalue weighted by Crippen LogP contribution is 2.17. The van der Waals surface area contributed by atoms with Crippen molar-refractivity contribution in [1.82, 2.24) is 5.32 Å². The van der Waals surface area contributed by atoms with Crippen molar-refractivity contribution in [2.24, 2.45) is 0 Å². The van der Waals surface area contributed by atoms with Crippen LogP contribution in [0.5, 0.6) is 0 Å². The Balaban J connectivity index is 1.78. The average molecular weight is 297 g/mol. The van der Waals surface area contributed by atoms with E-state index < -0.39 is 5.82 Å². The van der Waals surface area contributed by atoms with Crippen LogP contribution < -0.4 is 10.6 Å². The van der Waals surface area contributed by atoms with Crippen molar-refractivity contribution in [2.45, 2.75) is 13.0 Å². The monoisotopic (exact) mass is 297 g/mol. The van der Waals surface area contributed by atoms with Crippen molar-refractivity contribution in [3.8, 4) is 6.07 Å². The first-order valence-electron chi connectivity index (χ1n) is 6.94.